The Labute approximate surface area is 211 Å². The second kappa shape index (κ2) is 13.8. The molecule has 0 amide bonds. The largest absolute Gasteiger partial charge is 0.507 e. The van der Waals surface area contributed by atoms with Crippen molar-refractivity contribution in [2.75, 3.05) is 0 Å². The van der Waals surface area contributed by atoms with Gasteiger partial charge < -0.3 is 30.4 Å². The van der Waals surface area contributed by atoms with E-state index in [0.29, 0.717) is 0 Å². The minimum Gasteiger partial charge on any atom is -0.507 e. The molecule has 0 saturated heterocycles. The van der Waals surface area contributed by atoms with E-state index in [9.17, 15) is 20.4 Å². The van der Waals surface area contributed by atoms with E-state index in [4.69, 9.17) is 0 Å². The zero-order valence-electron chi connectivity index (χ0n) is 18.1. The van der Waals surface area contributed by atoms with Gasteiger partial charge in [-0.05, 0) is 48.5 Å². The average Bonchev–Trinajstić information content (AvgIpc) is 3.55. The number of phenols is 2. The molecule has 4 rings (SSSR count). The Morgan fingerprint density at radius 2 is 1.00 bits per heavy atom. The van der Waals surface area contributed by atoms with Crippen LogP contribution in [0.4, 0.5) is 0 Å². The van der Waals surface area contributed by atoms with E-state index >= 15 is 0 Å². The van der Waals surface area contributed by atoms with E-state index < -0.39 is 0 Å². The molecule has 35 heavy (non-hydrogen) atoms. The molecular weight excluding hydrogens is 495 g/mol. The van der Waals surface area contributed by atoms with Crippen molar-refractivity contribution in [1.82, 2.24) is 9.97 Å². The second-order valence-electron chi connectivity index (χ2n) is 6.62. The summed E-state index contributed by atoms with van der Waals surface area (Å²) in [5.74, 6) is -0.732. The summed E-state index contributed by atoms with van der Waals surface area (Å²) in [6, 6.07) is 20.0. The number of rotatable bonds is 6. The number of aromatic hydroxyl groups is 2. The number of aromatic amines is 2. The zero-order valence-corrected chi connectivity index (χ0v) is 19.2. The van der Waals surface area contributed by atoms with Crippen molar-refractivity contribution in [3.05, 3.63) is 108 Å². The van der Waals surface area contributed by atoms with Crippen LogP contribution in [0.3, 0.4) is 0 Å². The van der Waals surface area contributed by atoms with Crippen LogP contribution < -0.4 is 0 Å². The van der Waals surface area contributed by atoms with Crippen LogP contribution in [-0.4, -0.2) is 54.6 Å². The summed E-state index contributed by atoms with van der Waals surface area (Å²) in [6.45, 7) is 0. The molecule has 0 fully saturated rings. The summed E-state index contributed by atoms with van der Waals surface area (Å²) >= 11 is 0. The Bertz CT molecular complexity index is 1200. The smallest absolute Gasteiger partial charge is 0.242 e. The molecule has 0 unspecified atom stereocenters. The van der Waals surface area contributed by atoms with E-state index in [0.717, 1.165) is 11.4 Å². The van der Waals surface area contributed by atoms with E-state index in [1.165, 1.54) is 24.6 Å². The summed E-state index contributed by atoms with van der Waals surface area (Å²) in [7, 11) is 0. The van der Waals surface area contributed by atoms with Crippen LogP contribution in [0.15, 0.2) is 106 Å². The first-order valence-electron chi connectivity index (χ1n) is 9.98. The zero-order chi connectivity index (χ0) is 24.2. The number of hydrogen-bond acceptors (Lipinski definition) is 6. The fourth-order valence-electron chi connectivity index (χ4n) is 2.57. The standard InChI is InChI=1S/2C12H11N3O2.Co/c2*16-11-6-2-1-5-10(11)12(17)15-14-8-9-4-3-7-13-9;/h2*1-8,13,16H,(H,15,17);/b2*14-8+;. The maximum Gasteiger partial charge on any atom is 0.242 e. The van der Waals surface area contributed by atoms with Crippen molar-refractivity contribution in [3.63, 3.8) is 0 Å². The molecule has 6 N–H and O–H groups in total. The number of benzene rings is 2. The SMILES string of the molecule is O/C(=N\N=C\c1ccc[nH]1)c1ccccc1O.O/C(=N\N=C\c1ccc[nH]1)c1ccccc1O.[Co]. The van der Waals surface area contributed by atoms with Gasteiger partial charge in [0.25, 0.3) is 0 Å². The van der Waals surface area contributed by atoms with Gasteiger partial charge in [0.2, 0.25) is 11.8 Å². The van der Waals surface area contributed by atoms with Gasteiger partial charge in [0.15, 0.2) is 0 Å². The van der Waals surface area contributed by atoms with E-state index in [1.807, 2.05) is 24.3 Å². The third-order valence-corrected chi connectivity index (χ3v) is 4.23. The predicted octanol–water partition coefficient (Wildman–Crippen LogP) is 4.12. The molecule has 0 aliphatic heterocycles. The van der Waals surface area contributed by atoms with E-state index in [1.54, 1.807) is 48.8 Å². The number of H-pyrrole nitrogens is 2. The number of nitrogens with one attached hydrogen (secondary N) is 2. The molecular formula is C24H22CoN6O4. The molecule has 0 aliphatic carbocycles. The number of aliphatic hydroxyl groups is 2. The molecule has 0 saturated carbocycles. The van der Waals surface area contributed by atoms with Crippen molar-refractivity contribution < 1.29 is 37.2 Å². The van der Waals surface area contributed by atoms with E-state index in [2.05, 4.69) is 30.4 Å². The van der Waals surface area contributed by atoms with Crippen LogP contribution in [-0.2, 0) is 16.8 Å². The third-order valence-electron chi connectivity index (χ3n) is 4.23. The maximum atomic E-state index is 9.60. The monoisotopic (exact) mass is 517 g/mol. The Morgan fingerprint density at radius 1 is 0.600 bits per heavy atom. The first kappa shape index (κ1) is 26.6. The number of aliphatic hydroxyl groups excluding tert-OH is 2. The van der Waals surface area contributed by atoms with Crippen molar-refractivity contribution in [2.24, 2.45) is 20.4 Å². The molecule has 2 aromatic heterocycles. The quantitative estimate of drug-likeness (QED) is 0.129. The van der Waals surface area contributed by atoms with Crippen molar-refractivity contribution in [1.29, 1.82) is 0 Å². The first-order valence-corrected chi connectivity index (χ1v) is 9.98. The van der Waals surface area contributed by atoms with E-state index in [-0.39, 0.29) is 51.2 Å². The molecule has 2 heterocycles. The molecule has 0 atom stereocenters. The van der Waals surface area contributed by atoms with Gasteiger partial charge >= 0.3 is 0 Å². The summed E-state index contributed by atoms with van der Waals surface area (Å²) < 4.78 is 0. The van der Waals surface area contributed by atoms with Crippen molar-refractivity contribution in [3.8, 4) is 11.5 Å². The van der Waals surface area contributed by atoms with Gasteiger partial charge in [0.1, 0.15) is 11.5 Å². The van der Waals surface area contributed by atoms with Crippen LogP contribution in [0, 0.1) is 0 Å². The van der Waals surface area contributed by atoms with Crippen LogP contribution in [0.5, 0.6) is 11.5 Å². The number of hydrogen-bond donors (Lipinski definition) is 6. The Balaban J connectivity index is 0.000000240. The van der Waals surface area contributed by atoms with Crippen LogP contribution in [0.2, 0.25) is 0 Å². The van der Waals surface area contributed by atoms with Gasteiger partial charge in [0, 0.05) is 29.2 Å². The van der Waals surface area contributed by atoms with Gasteiger partial charge in [-0.1, -0.05) is 24.3 Å². The summed E-state index contributed by atoms with van der Waals surface area (Å²) in [5.41, 5.74) is 2.05. The topological polar surface area (TPSA) is 162 Å². The van der Waals surface area contributed by atoms with Gasteiger partial charge in [0.05, 0.1) is 34.9 Å². The average molecular weight is 517 g/mol. The Hall–Kier alpha value is -4.61. The first-order chi connectivity index (χ1) is 16.5. The van der Waals surface area contributed by atoms with Gasteiger partial charge in [-0.3, -0.25) is 0 Å². The summed E-state index contributed by atoms with van der Waals surface area (Å²) in [6.07, 6.45) is 6.45. The molecule has 2 aromatic carbocycles. The predicted molar refractivity (Wildman–Crippen MR) is 131 cm³/mol. The molecule has 1 radical (unpaired) electrons. The molecule has 0 bridgehead atoms. The Morgan fingerprint density at radius 3 is 1.34 bits per heavy atom. The molecule has 0 aliphatic rings. The second-order valence-corrected chi connectivity index (χ2v) is 6.62. The fraction of sp³-hybridized carbons (Fsp3) is 0. The molecule has 0 spiro atoms. The minimum absolute atomic E-state index is 0. The Kier molecular flexibility index (Phi) is 10.5. The van der Waals surface area contributed by atoms with Crippen LogP contribution >= 0.6 is 0 Å². The molecule has 4 aromatic rings. The molecule has 181 valence electrons. The number of aromatic nitrogens is 2. The maximum absolute atomic E-state index is 9.60. The molecule has 11 heteroatoms. The van der Waals surface area contributed by atoms with Crippen molar-refractivity contribution in [2.45, 2.75) is 0 Å². The number of nitrogens with zero attached hydrogens (tertiary/aromatic N) is 4. The third kappa shape index (κ3) is 8.35. The normalized spacial score (nSPS) is 11.8. The molecule has 10 nitrogen and oxygen atoms in total. The summed E-state index contributed by atoms with van der Waals surface area (Å²) in [4.78, 5) is 5.82. The van der Waals surface area contributed by atoms with Crippen molar-refractivity contribution >= 4 is 24.2 Å². The summed E-state index contributed by atoms with van der Waals surface area (Å²) in [5, 5.41) is 52.7. The van der Waals surface area contributed by atoms with Gasteiger partial charge in [-0.25, -0.2) is 0 Å². The van der Waals surface area contributed by atoms with Crippen LogP contribution in [0.25, 0.3) is 0 Å². The fourth-order valence-corrected chi connectivity index (χ4v) is 2.57. The number of para-hydroxylation sites is 2. The number of phenolic OH excluding ortho intramolecular Hbond substituents is 2. The van der Waals surface area contributed by atoms with Crippen LogP contribution in [0.1, 0.15) is 22.5 Å². The minimum atomic E-state index is -0.328. The van der Waals surface area contributed by atoms with Gasteiger partial charge in [-0.15, -0.1) is 10.2 Å². The van der Waals surface area contributed by atoms with Gasteiger partial charge in [-0.2, -0.15) is 10.2 Å².